The highest BCUT2D eigenvalue weighted by Gasteiger charge is 2.09. The van der Waals surface area contributed by atoms with Crippen LogP contribution < -0.4 is 5.73 Å². The van der Waals surface area contributed by atoms with Gasteiger partial charge in [-0.3, -0.25) is 0 Å². The fraction of sp³-hybridized carbons (Fsp3) is 0.154. The van der Waals surface area contributed by atoms with Crippen LogP contribution in [0.15, 0.2) is 46.8 Å². The van der Waals surface area contributed by atoms with Gasteiger partial charge in [0.1, 0.15) is 16.9 Å². The van der Waals surface area contributed by atoms with Crippen molar-refractivity contribution in [1.82, 2.24) is 19.9 Å². The predicted molar refractivity (Wildman–Crippen MR) is 75.0 cm³/mol. The first kappa shape index (κ1) is 12.1. The Morgan fingerprint density at radius 2 is 2.05 bits per heavy atom. The molecule has 19 heavy (non-hydrogen) atoms. The minimum atomic E-state index is 0.640. The number of imidazole rings is 1. The van der Waals surface area contributed by atoms with Gasteiger partial charge in [0.05, 0.1) is 6.33 Å². The summed E-state index contributed by atoms with van der Waals surface area (Å²) < 4.78 is 0. The molecule has 0 aliphatic carbocycles. The van der Waals surface area contributed by atoms with Crippen molar-refractivity contribution < 1.29 is 0 Å². The number of H-pyrrole nitrogens is 1. The molecule has 0 amide bonds. The van der Waals surface area contributed by atoms with Gasteiger partial charge in [-0.05, 0) is 24.6 Å². The van der Waals surface area contributed by atoms with E-state index in [2.05, 4.69) is 32.1 Å². The van der Waals surface area contributed by atoms with Crippen LogP contribution in [0.25, 0.3) is 11.2 Å². The van der Waals surface area contributed by atoms with Gasteiger partial charge in [0.2, 0.25) is 0 Å². The topological polar surface area (TPSA) is 80.5 Å². The molecule has 3 N–H and O–H groups in total. The molecule has 0 bridgehead atoms. The van der Waals surface area contributed by atoms with E-state index in [-0.39, 0.29) is 0 Å². The quantitative estimate of drug-likeness (QED) is 0.709. The lowest BCUT2D eigenvalue weighted by Gasteiger charge is -2.07. The van der Waals surface area contributed by atoms with Gasteiger partial charge < -0.3 is 10.7 Å². The molecule has 0 atom stereocenters. The molecule has 0 unspecified atom stereocenters. The second kappa shape index (κ2) is 5.38. The Bertz CT molecular complexity index is 694. The molecule has 3 aromatic rings. The smallest absolute Gasteiger partial charge is 0.181 e. The van der Waals surface area contributed by atoms with E-state index in [1.807, 2.05) is 12.1 Å². The van der Waals surface area contributed by atoms with E-state index in [0.717, 1.165) is 17.0 Å². The molecule has 5 nitrogen and oxygen atoms in total. The summed E-state index contributed by atoms with van der Waals surface area (Å²) in [5.41, 5.74) is 8.44. The van der Waals surface area contributed by atoms with Gasteiger partial charge in [0, 0.05) is 4.90 Å². The van der Waals surface area contributed by atoms with Gasteiger partial charge >= 0.3 is 0 Å². The number of nitrogens with zero attached hydrogens (tertiary/aromatic N) is 3. The highest BCUT2D eigenvalue weighted by atomic mass is 32.2. The van der Waals surface area contributed by atoms with E-state index in [0.29, 0.717) is 12.2 Å². The Morgan fingerprint density at radius 3 is 2.95 bits per heavy atom. The Morgan fingerprint density at radius 1 is 1.16 bits per heavy atom. The second-order valence-corrected chi connectivity index (χ2v) is 5.06. The number of benzene rings is 1. The molecule has 0 saturated carbocycles. The first-order chi connectivity index (χ1) is 9.38. The standard InChI is InChI=1S/C13H13N5S/c14-6-5-9-3-1-2-4-10(9)19-13-11-12(16-7-15-11)17-8-18-13/h1-4,7-8H,5-6,14H2,(H,15,16,17,18). The molecular formula is C13H13N5S. The summed E-state index contributed by atoms with van der Waals surface area (Å²) in [5.74, 6) is 0. The summed E-state index contributed by atoms with van der Waals surface area (Å²) in [7, 11) is 0. The highest BCUT2D eigenvalue weighted by Crippen LogP contribution is 2.32. The van der Waals surface area contributed by atoms with Gasteiger partial charge in [0.25, 0.3) is 0 Å². The fourth-order valence-electron chi connectivity index (χ4n) is 1.89. The maximum absolute atomic E-state index is 5.65. The summed E-state index contributed by atoms with van der Waals surface area (Å²) in [6, 6.07) is 8.23. The van der Waals surface area contributed by atoms with Crippen LogP contribution >= 0.6 is 11.8 Å². The van der Waals surface area contributed by atoms with Crippen LogP contribution in [0.4, 0.5) is 0 Å². The molecule has 2 heterocycles. The van der Waals surface area contributed by atoms with Crippen LogP contribution in [-0.2, 0) is 6.42 Å². The largest absolute Gasteiger partial charge is 0.341 e. The number of aromatic nitrogens is 4. The molecule has 0 saturated heterocycles. The second-order valence-electron chi connectivity index (χ2n) is 4.03. The minimum absolute atomic E-state index is 0.640. The Hall–Kier alpha value is -1.92. The summed E-state index contributed by atoms with van der Waals surface area (Å²) in [6.45, 7) is 0.640. The van der Waals surface area contributed by atoms with E-state index in [9.17, 15) is 0 Å². The minimum Gasteiger partial charge on any atom is -0.341 e. The Kier molecular flexibility index (Phi) is 3.43. The zero-order chi connectivity index (χ0) is 13.1. The molecule has 0 fully saturated rings. The maximum Gasteiger partial charge on any atom is 0.181 e. The first-order valence-electron chi connectivity index (χ1n) is 5.98. The lowest BCUT2D eigenvalue weighted by molar-refractivity contribution is 0.943. The van der Waals surface area contributed by atoms with Gasteiger partial charge in [-0.25, -0.2) is 15.0 Å². The summed E-state index contributed by atoms with van der Waals surface area (Å²) in [5, 5.41) is 0.881. The molecule has 0 spiro atoms. The maximum atomic E-state index is 5.65. The van der Waals surface area contributed by atoms with E-state index in [1.165, 1.54) is 16.8 Å². The van der Waals surface area contributed by atoms with E-state index >= 15 is 0 Å². The van der Waals surface area contributed by atoms with Crippen molar-refractivity contribution in [3.05, 3.63) is 42.5 Å². The number of nitrogens with one attached hydrogen (secondary N) is 1. The van der Waals surface area contributed by atoms with Crippen LogP contribution in [0, 0.1) is 0 Å². The van der Waals surface area contributed by atoms with Crippen molar-refractivity contribution in [2.45, 2.75) is 16.3 Å². The number of aromatic amines is 1. The average Bonchev–Trinajstić information content (AvgIpc) is 2.91. The van der Waals surface area contributed by atoms with Crippen LogP contribution in [-0.4, -0.2) is 26.5 Å². The average molecular weight is 271 g/mol. The normalized spacial score (nSPS) is 11.0. The number of fused-ring (bicyclic) bond motifs is 1. The molecular weight excluding hydrogens is 258 g/mol. The van der Waals surface area contributed by atoms with Crippen LogP contribution in [0.1, 0.15) is 5.56 Å². The van der Waals surface area contributed by atoms with E-state index in [1.54, 1.807) is 18.1 Å². The number of nitrogens with two attached hydrogens (primary N) is 1. The number of hydrogen-bond acceptors (Lipinski definition) is 5. The van der Waals surface area contributed by atoms with Gasteiger partial charge in [-0.15, -0.1) is 0 Å². The molecule has 2 aromatic heterocycles. The van der Waals surface area contributed by atoms with E-state index in [4.69, 9.17) is 5.73 Å². The van der Waals surface area contributed by atoms with Gasteiger partial charge in [-0.2, -0.15) is 0 Å². The van der Waals surface area contributed by atoms with Crippen molar-refractivity contribution in [2.24, 2.45) is 5.73 Å². The van der Waals surface area contributed by atoms with Crippen molar-refractivity contribution in [3.8, 4) is 0 Å². The number of hydrogen-bond donors (Lipinski definition) is 2. The summed E-state index contributed by atoms with van der Waals surface area (Å²) in [6.07, 6.45) is 4.03. The van der Waals surface area contributed by atoms with Crippen LogP contribution in [0.5, 0.6) is 0 Å². The van der Waals surface area contributed by atoms with Crippen molar-refractivity contribution in [3.63, 3.8) is 0 Å². The lowest BCUT2D eigenvalue weighted by Crippen LogP contribution is -2.03. The number of rotatable bonds is 4. The molecule has 0 radical (unpaired) electrons. The first-order valence-corrected chi connectivity index (χ1v) is 6.80. The third-order valence-electron chi connectivity index (χ3n) is 2.78. The van der Waals surface area contributed by atoms with E-state index < -0.39 is 0 Å². The van der Waals surface area contributed by atoms with Crippen molar-refractivity contribution in [1.29, 1.82) is 0 Å². The third kappa shape index (κ3) is 2.45. The zero-order valence-electron chi connectivity index (χ0n) is 10.2. The fourth-order valence-corrected chi connectivity index (χ4v) is 2.90. The third-order valence-corrected chi connectivity index (χ3v) is 3.90. The molecule has 1 aromatic carbocycles. The van der Waals surface area contributed by atoms with Crippen molar-refractivity contribution in [2.75, 3.05) is 6.54 Å². The lowest BCUT2D eigenvalue weighted by atomic mass is 10.1. The highest BCUT2D eigenvalue weighted by molar-refractivity contribution is 7.99. The Balaban J connectivity index is 1.99. The SMILES string of the molecule is NCCc1ccccc1Sc1ncnc2nc[nH]c12. The van der Waals surface area contributed by atoms with Gasteiger partial charge in [0.15, 0.2) is 5.65 Å². The summed E-state index contributed by atoms with van der Waals surface area (Å²) >= 11 is 1.61. The Labute approximate surface area is 114 Å². The molecule has 6 heteroatoms. The molecule has 96 valence electrons. The monoisotopic (exact) mass is 271 g/mol. The van der Waals surface area contributed by atoms with Crippen molar-refractivity contribution >= 4 is 22.9 Å². The zero-order valence-corrected chi connectivity index (χ0v) is 11.0. The van der Waals surface area contributed by atoms with Crippen LogP contribution in [0.3, 0.4) is 0 Å². The molecule has 3 rings (SSSR count). The summed E-state index contributed by atoms with van der Waals surface area (Å²) in [4.78, 5) is 16.8. The molecule has 0 aliphatic rings. The predicted octanol–water partition coefficient (Wildman–Crippen LogP) is 2.01. The van der Waals surface area contributed by atoms with Gasteiger partial charge in [-0.1, -0.05) is 30.0 Å². The molecule has 0 aliphatic heterocycles. The van der Waals surface area contributed by atoms with Crippen LogP contribution in [0.2, 0.25) is 0 Å².